The van der Waals surface area contributed by atoms with E-state index in [1.54, 1.807) is 0 Å². The summed E-state index contributed by atoms with van der Waals surface area (Å²) in [6.45, 7) is 2.00. The molecule has 0 spiro atoms. The van der Waals surface area contributed by atoms with Gasteiger partial charge in [0.15, 0.2) is 0 Å². The molecule has 0 heterocycles. The van der Waals surface area contributed by atoms with Crippen LogP contribution in [-0.2, 0) is 6.42 Å². The van der Waals surface area contributed by atoms with Crippen molar-refractivity contribution in [3.05, 3.63) is 35.9 Å². The number of hydrogen-bond acceptors (Lipinski definition) is 2. The van der Waals surface area contributed by atoms with Gasteiger partial charge in [0.2, 0.25) is 0 Å². The van der Waals surface area contributed by atoms with Gasteiger partial charge >= 0.3 is 0 Å². The van der Waals surface area contributed by atoms with E-state index in [4.69, 9.17) is 5.73 Å². The van der Waals surface area contributed by atoms with Crippen LogP contribution in [0.5, 0.6) is 5.75 Å². The lowest BCUT2D eigenvalue weighted by Crippen LogP contribution is -1.92. The monoisotopic (exact) mass is 187 g/mol. The first-order chi connectivity index (χ1) is 6.74. The Morgan fingerprint density at radius 1 is 1.29 bits per heavy atom. The Balaban J connectivity index is 2.85. The third-order valence-corrected chi connectivity index (χ3v) is 2.52. The predicted molar refractivity (Wildman–Crippen MR) is 59.4 cm³/mol. The fourth-order valence-corrected chi connectivity index (χ4v) is 1.69. The Morgan fingerprint density at radius 3 is 2.71 bits per heavy atom. The Morgan fingerprint density at radius 2 is 2.00 bits per heavy atom. The van der Waals surface area contributed by atoms with E-state index in [1.165, 1.54) is 0 Å². The zero-order chi connectivity index (χ0) is 10.1. The smallest absolute Gasteiger partial charge is 0.142 e. The largest absolute Gasteiger partial charge is 0.505 e. The maximum atomic E-state index is 9.77. The lowest BCUT2D eigenvalue weighted by molar-refractivity contribution is 0.472. The van der Waals surface area contributed by atoms with Crippen molar-refractivity contribution in [2.24, 2.45) is 0 Å². The molecular weight excluding hydrogens is 174 g/mol. The van der Waals surface area contributed by atoms with E-state index in [2.05, 4.69) is 0 Å². The van der Waals surface area contributed by atoms with Gasteiger partial charge in [0.25, 0.3) is 0 Å². The maximum Gasteiger partial charge on any atom is 0.142 e. The van der Waals surface area contributed by atoms with Crippen LogP contribution in [0.25, 0.3) is 10.8 Å². The first kappa shape index (κ1) is 8.88. The van der Waals surface area contributed by atoms with Gasteiger partial charge in [-0.3, -0.25) is 0 Å². The third-order valence-electron chi connectivity index (χ3n) is 2.52. The van der Waals surface area contributed by atoms with E-state index in [9.17, 15) is 5.11 Å². The highest BCUT2D eigenvalue weighted by molar-refractivity contribution is 5.96. The molecule has 0 bridgehead atoms. The fraction of sp³-hybridized carbons (Fsp3) is 0.167. The van der Waals surface area contributed by atoms with Crippen LogP contribution >= 0.6 is 0 Å². The molecule has 0 unspecified atom stereocenters. The lowest BCUT2D eigenvalue weighted by atomic mass is 10.0. The van der Waals surface area contributed by atoms with Gasteiger partial charge in [0, 0.05) is 5.39 Å². The molecule has 0 saturated heterocycles. The zero-order valence-electron chi connectivity index (χ0n) is 8.12. The second-order valence-electron chi connectivity index (χ2n) is 3.37. The first-order valence-corrected chi connectivity index (χ1v) is 4.73. The van der Waals surface area contributed by atoms with Crippen molar-refractivity contribution in [2.75, 3.05) is 5.73 Å². The molecule has 14 heavy (non-hydrogen) atoms. The van der Waals surface area contributed by atoms with E-state index in [0.717, 1.165) is 22.8 Å². The van der Waals surface area contributed by atoms with Crippen LogP contribution in [0.2, 0.25) is 0 Å². The molecule has 0 aliphatic carbocycles. The summed E-state index contributed by atoms with van der Waals surface area (Å²) < 4.78 is 0. The minimum Gasteiger partial charge on any atom is -0.505 e. The average molecular weight is 187 g/mol. The summed E-state index contributed by atoms with van der Waals surface area (Å²) in [4.78, 5) is 0. The standard InChI is InChI=1S/C12H13NO/c1-2-8-7-9-5-3-4-6-10(9)11(13)12(8)14/h3-7,14H,2,13H2,1H3. The number of benzene rings is 2. The molecule has 72 valence electrons. The van der Waals surface area contributed by atoms with Gasteiger partial charge in [-0.05, 0) is 23.4 Å². The molecule has 0 radical (unpaired) electrons. The van der Waals surface area contributed by atoms with Crippen LogP contribution in [-0.4, -0.2) is 5.11 Å². The zero-order valence-corrected chi connectivity index (χ0v) is 8.12. The molecular formula is C12H13NO. The van der Waals surface area contributed by atoms with E-state index in [0.29, 0.717) is 5.69 Å². The summed E-state index contributed by atoms with van der Waals surface area (Å²) in [5.74, 6) is 0.228. The number of phenolic OH excluding ortho intramolecular Hbond substituents is 1. The topological polar surface area (TPSA) is 46.2 Å². The van der Waals surface area contributed by atoms with Crippen molar-refractivity contribution < 1.29 is 5.11 Å². The van der Waals surface area contributed by atoms with Crippen molar-refractivity contribution in [1.82, 2.24) is 0 Å². The van der Waals surface area contributed by atoms with Crippen LogP contribution in [0.1, 0.15) is 12.5 Å². The number of aryl methyl sites for hydroxylation is 1. The number of rotatable bonds is 1. The molecule has 2 aromatic carbocycles. The molecule has 0 fully saturated rings. The van der Waals surface area contributed by atoms with Crippen molar-refractivity contribution in [1.29, 1.82) is 0 Å². The highest BCUT2D eigenvalue weighted by Crippen LogP contribution is 2.33. The third kappa shape index (κ3) is 1.20. The van der Waals surface area contributed by atoms with Crippen LogP contribution in [0.3, 0.4) is 0 Å². The second kappa shape index (κ2) is 3.22. The molecule has 0 atom stereocenters. The minimum absolute atomic E-state index is 0.228. The van der Waals surface area contributed by atoms with Gasteiger partial charge in [-0.15, -0.1) is 0 Å². The number of anilines is 1. The molecule has 2 heteroatoms. The molecule has 0 amide bonds. The summed E-state index contributed by atoms with van der Waals surface area (Å²) >= 11 is 0. The summed E-state index contributed by atoms with van der Waals surface area (Å²) in [7, 11) is 0. The molecule has 0 aromatic heterocycles. The predicted octanol–water partition coefficient (Wildman–Crippen LogP) is 2.69. The molecule has 2 aromatic rings. The molecule has 0 aliphatic heterocycles. The Labute approximate surface area is 83.0 Å². The van der Waals surface area contributed by atoms with E-state index >= 15 is 0 Å². The number of aromatic hydroxyl groups is 1. The first-order valence-electron chi connectivity index (χ1n) is 4.73. The van der Waals surface area contributed by atoms with Crippen molar-refractivity contribution in [3.8, 4) is 5.75 Å². The summed E-state index contributed by atoms with van der Waals surface area (Å²) in [5, 5.41) is 11.8. The molecule has 2 rings (SSSR count). The van der Waals surface area contributed by atoms with E-state index in [-0.39, 0.29) is 5.75 Å². The van der Waals surface area contributed by atoms with Crippen molar-refractivity contribution in [3.63, 3.8) is 0 Å². The second-order valence-corrected chi connectivity index (χ2v) is 3.37. The number of nitrogen functional groups attached to an aromatic ring is 1. The van der Waals surface area contributed by atoms with Crippen molar-refractivity contribution in [2.45, 2.75) is 13.3 Å². The SMILES string of the molecule is CCc1cc2ccccc2c(N)c1O. The van der Waals surface area contributed by atoms with Crippen molar-refractivity contribution >= 4 is 16.5 Å². The maximum absolute atomic E-state index is 9.77. The quantitative estimate of drug-likeness (QED) is 0.532. The Bertz CT molecular complexity index is 477. The van der Waals surface area contributed by atoms with E-state index in [1.807, 2.05) is 37.3 Å². The molecule has 0 saturated carbocycles. The van der Waals surface area contributed by atoms with E-state index < -0.39 is 0 Å². The molecule has 0 aliphatic rings. The Hall–Kier alpha value is -1.70. The summed E-state index contributed by atoms with van der Waals surface area (Å²) in [6, 6.07) is 9.80. The van der Waals surface area contributed by atoms with Gasteiger partial charge < -0.3 is 10.8 Å². The number of fused-ring (bicyclic) bond motifs is 1. The fourth-order valence-electron chi connectivity index (χ4n) is 1.69. The van der Waals surface area contributed by atoms with Crippen LogP contribution in [0.15, 0.2) is 30.3 Å². The highest BCUT2D eigenvalue weighted by Gasteiger charge is 2.07. The van der Waals surface area contributed by atoms with Crippen LogP contribution in [0, 0.1) is 0 Å². The number of nitrogens with two attached hydrogens (primary N) is 1. The molecule has 3 N–H and O–H groups in total. The molecule has 2 nitrogen and oxygen atoms in total. The lowest BCUT2D eigenvalue weighted by Gasteiger charge is -2.08. The van der Waals surface area contributed by atoms with Gasteiger partial charge in [-0.2, -0.15) is 0 Å². The summed E-state index contributed by atoms with van der Waals surface area (Å²) in [6.07, 6.45) is 0.793. The minimum atomic E-state index is 0.228. The van der Waals surface area contributed by atoms with Gasteiger partial charge in [-0.1, -0.05) is 31.2 Å². The summed E-state index contributed by atoms with van der Waals surface area (Å²) in [5.41, 5.74) is 7.23. The van der Waals surface area contributed by atoms with Gasteiger partial charge in [0.1, 0.15) is 5.75 Å². The van der Waals surface area contributed by atoms with Crippen LogP contribution < -0.4 is 5.73 Å². The highest BCUT2D eigenvalue weighted by atomic mass is 16.3. The number of hydrogen-bond donors (Lipinski definition) is 2. The van der Waals surface area contributed by atoms with Gasteiger partial charge in [0.05, 0.1) is 5.69 Å². The average Bonchev–Trinajstić information content (AvgIpc) is 2.23. The number of phenols is 1. The Kier molecular flexibility index (Phi) is 2.04. The van der Waals surface area contributed by atoms with Gasteiger partial charge in [-0.25, -0.2) is 0 Å². The van der Waals surface area contributed by atoms with Crippen LogP contribution in [0.4, 0.5) is 5.69 Å². The normalized spacial score (nSPS) is 10.6.